The third kappa shape index (κ3) is 1.91. The van der Waals surface area contributed by atoms with E-state index in [4.69, 9.17) is 10.5 Å². The highest BCUT2D eigenvalue weighted by Gasteiger charge is 2.18. The molecule has 0 amide bonds. The van der Waals surface area contributed by atoms with Crippen LogP contribution in [0.2, 0.25) is 0 Å². The summed E-state index contributed by atoms with van der Waals surface area (Å²) in [6.45, 7) is 2.04. The van der Waals surface area contributed by atoms with E-state index >= 15 is 0 Å². The number of aryl methyl sites for hydroxylation is 1. The Morgan fingerprint density at radius 2 is 2.06 bits per heavy atom. The average Bonchev–Trinajstić information content (AvgIpc) is 2.74. The summed E-state index contributed by atoms with van der Waals surface area (Å²) in [5.41, 5.74) is 9.08. The van der Waals surface area contributed by atoms with Crippen LogP contribution in [0.5, 0.6) is 5.88 Å². The van der Waals surface area contributed by atoms with E-state index in [-0.39, 0.29) is 6.04 Å². The molecule has 0 saturated carbocycles. The molecular formula is C11H13N3OS. The first-order valence-corrected chi connectivity index (χ1v) is 5.81. The Balaban J connectivity index is 2.41. The van der Waals surface area contributed by atoms with Crippen LogP contribution >= 0.6 is 11.3 Å². The minimum absolute atomic E-state index is 0.283. The van der Waals surface area contributed by atoms with Gasteiger partial charge in [-0.05, 0) is 28.8 Å². The fourth-order valence-corrected chi connectivity index (χ4v) is 2.43. The molecular weight excluding hydrogens is 222 g/mol. The first-order chi connectivity index (χ1) is 7.74. The number of nitrogens with two attached hydrogens (primary N) is 1. The van der Waals surface area contributed by atoms with Gasteiger partial charge in [-0.2, -0.15) is 11.3 Å². The van der Waals surface area contributed by atoms with Crippen molar-refractivity contribution in [1.82, 2.24) is 9.97 Å². The topological polar surface area (TPSA) is 61.0 Å². The molecule has 0 bridgehead atoms. The molecule has 16 heavy (non-hydrogen) atoms. The Hall–Kier alpha value is -1.46. The molecule has 2 aromatic heterocycles. The van der Waals surface area contributed by atoms with E-state index in [0.717, 1.165) is 5.56 Å². The number of nitrogens with zero attached hydrogens (tertiary/aromatic N) is 2. The number of hydrogen-bond donors (Lipinski definition) is 1. The van der Waals surface area contributed by atoms with E-state index in [9.17, 15) is 0 Å². The van der Waals surface area contributed by atoms with Gasteiger partial charge in [-0.3, -0.25) is 4.98 Å². The van der Waals surface area contributed by atoms with Crippen molar-refractivity contribution in [1.29, 1.82) is 0 Å². The van der Waals surface area contributed by atoms with Crippen LogP contribution in [0.1, 0.15) is 22.9 Å². The van der Waals surface area contributed by atoms with Crippen LogP contribution in [-0.2, 0) is 0 Å². The molecule has 2 heterocycles. The van der Waals surface area contributed by atoms with Gasteiger partial charge in [-0.25, -0.2) is 4.98 Å². The molecule has 5 heteroatoms. The standard InChI is InChI=1S/C11H13N3OS/c1-7-5-16-6-8(7)9(12)10-11(15-2)14-4-3-13-10/h3-6,9H,12H2,1-2H3. The zero-order valence-corrected chi connectivity index (χ0v) is 9.99. The van der Waals surface area contributed by atoms with Crippen LogP contribution in [0.25, 0.3) is 0 Å². The summed E-state index contributed by atoms with van der Waals surface area (Å²) in [5, 5.41) is 4.10. The maximum Gasteiger partial charge on any atom is 0.237 e. The normalized spacial score (nSPS) is 12.4. The van der Waals surface area contributed by atoms with Crippen molar-refractivity contribution < 1.29 is 4.74 Å². The SMILES string of the molecule is COc1nccnc1C(N)c1cscc1C. The quantitative estimate of drug-likeness (QED) is 0.882. The molecule has 0 spiro atoms. The number of hydrogen-bond acceptors (Lipinski definition) is 5. The molecule has 0 fully saturated rings. The van der Waals surface area contributed by atoms with Crippen LogP contribution in [0.4, 0.5) is 0 Å². The average molecular weight is 235 g/mol. The second-order valence-electron chi connectivity index (χ2n) is 3.44. The summed E-state index contributed by atoms with van der Waals surface area (Å²) < 4.78 is 5.15. The van der Waals surface area contributed by atoms with E-state index in [1.807, 2.05) is 12.3 Å². The summed E-state index contributed by atoms with van der Waals surface area (Å²) >= 11 is 1.63. The second-order valence-corrected chi connectivity index (χ2v) is 4.18. The zero-order chi connectivity index (χ0) is 11.5. The number of rotatable bonds is 3. The fourth-order valence-electron chi connectivity index (χ4n) is 1.54. The van der Waals surface area contributed by atoms with Gasteiger partial charge < -0.3 is 10.5 Å². The van der Waals surface area contributed by atoms with Crippen molar-refractivity contribution in [3.8, 4) is 5.88 Å². The Labute approximate surface area is 98.1 Å². The fraction of sp³-hybridized carbons (Fsp3) is 0.273. The molecule has 0 aromatic carbocycles. The van der Waals surface area contributed by atoms with Crippen LogP contribution in [0.15, 0.2) is 23.2 Å². The van der Waals surface area contributed by atoms with Gasteiger partial charge in [-0.15, -0.1) is 0 Å². The summed E-state index contributed by atoms with van der Waals surface area (Å²) in [4.78, 5) is 8.34. The predicted octanol–water partition coefficient (Wildman–Crippen LogP) is 1.90. The summed E-state index contributed by atoms with van der Waals surface area (Å²) in [6.07, 6.45) is 3.22. The number of thiophene rings is 1. The molecule has 84 valence electrons. The maximum absolute atomic E-state index is 6.16. The Bertz CT molecular complexity index is 484. The minimum Gasteiger partial charge on any atom is -0.480 e. The van der Waals surface area contributed by atoms with Gasteiger partial charge in [0, 0.05) is 12.4 Å². The molecule has 2 aromatic rings. The van der Waals surface area contributed by atoms with Crippen molar-refractivity contribution in [2.24, 2.45) is 5.73 Å². The first-order valence-electron chi connectivity index (χ1n) is 4.87. The lowest BCUT2D eigenvalue weighted by Crippen LogP contribution is -2.15. The highest BCUT2D eigenvalue weighted by atomic mass is 32.1. The monoisotopic (exact) mass is 235 g/mol. The molecule has 1 unspecified atom stereocenters. The Morgan fingerprint density at radius 3 is 2.69 bits per heavy atom. The second kappa shape index (κ2) is 4.59. The van der Waals surface area contributed by atoms with Gasteiger partial charge in [-0.1, -0.05) is 0 Å². The van der Waals surface area contributed by atoms with E-state index < -0.39 is 0 Å². The lowest BCUT2D eigenvalue weighted by Gasteiger charge is -2.13. The van der Waals surface area contributed by atoms with Crippen LogP contribution < -0.4 is 10.5 Å². The predicted molar refractivity (Wildman–Crippen MR) is 63.7 cm³/mol. The molecule has 2 N–H and O–H groups in total. The van der Waals surface area contributed by atoms with Crippen molar-refractivity contribution >= 4 is 11.3 Å². The third-order valence-corrected chi connectivity index (χ3v) is 3.29. The van der Waals surface area contributed by atoms with E-state index in [0.29, 0.717) is 11.6 Å². The minimum atomic E-state index is -0.283. The van der Waals surface area contributed by atoms with Crippen molar-refractivity contribution in [2.75, 3.05) is 7.11 Å². The van der Waals surface area contributed by atoms with Gasteiger partial charge in [0.15, 0.2) is 0 Å². The van der Waals surface area contributed by atoms with Crippen molar-refractivity contribution in [3.05, 3.63) is 40.0 Å². The molecule has 0 saturated heterocycles. The van der Waals surface area contributed by atoms with Crippen LogP contribution in [0.3, 0.4) is 0 Å². The smallest absolute Gasteiger partial charge is 0.237 e. The molecule has 0 aliphatic heterocycles. The number of methoxy groups -OCH3 is 1. The van der Waals surface area contributed by atoms with Crippen LogP contribution in [-0.4, -0.2) is 17.1 Å². The summed E-state index contributed by atoms with van der Waals surface area (Å²) in [5.74, 6) is 0.487. The van der Waals surface area contributed by atoms with Crippen molar-refractivity contribution in [2.45, 2.75) is 13.0 Å². The molecule has 2 rings (SSSR count). The van der Waals surface area contributed by atoms with E-state index in [2.05, 4.69) is 15.3 Å². The summed E-state index contributed by atoms with van der Waals surface area (Å²) in [7, 11) is 1.57. The van der Waals surface area contributed by atoms with Crippen LogP contribution in [0, 0.1) is 6.92 Å². The lowest BCUT2D eigenvalue weighted by atomic mass is 10.0. The van der Waals surface area contributed by atoms with Gasteiger partial charge in [0.05, 0.1) is 13.2 Å². The largest absolute Gasteiger partial charge is 0.480 e. The molecule has 0 aliphatic carbocycles. The molecule has 1 atom stereocenters. The highest BCUT2D eigenvalue weighted by molar-refractivity contribution is 7.08. The highest BCUT2D eigenvalue weighted by Crippen LogP contribution is 2.28. The number of aromatic nitrogens is 2. The molecule has 4 nitrogen and oxygen atoms in total. The zero-order valence-electron chi connectivity index (χ0n) is 9.18. The molecule has 0 aliphatic rings. The Kier molecular flexibility index (Phi) is 3.17. The van der Waals surface area contributed by atoms with Gasteiger partial charge in [0.25, 0.3) is 0 Å². The van der Waals surface area contributed by atoms with E-state index in [1.54, 1.807) is 30.8 Å². The Morgan fingerprint density at radius 1 is 1.31 bits per heavy atom. The van der Waals surface area contributed by atoms with Crippen molar-refractivity contribution in [3.63, 3.8) is 0 Å². The first kappa shape index (κ1) is 11.0. The summed E-state index contributed by atoms with van der Waals surface area (Å²) in [6, 6.07) is -0.283. The van der Waals surface area contributed by atoms with Gasteiger partial charge >= 0.3 is 0 Å². The number of ether oxygens (including phenoxy) is 1. The van der Waals surface area contributed by atoms with Gasteiger partial charge in [0.1, 0.15) is 5.69 Å². The molecule has 0 radical (unpaired) electrons. The third-order valence-electron chi connectivity index (χ3n) is 2.41. The van der Waals surface area contributed by atoms with E-state index in [1.165, 1.54) is 5.56 Å². The van der Waals surface area contributed by atoms with Gasteiger partial charge in [0.2, 0.25) is 5.88 Å². The maximum atomic E-state index is 6.16. The lowest BCUT2D eigenvalue weighted by molar-refractivity contribution is 0.387.